The molecule has 0 heterocycles. The van der Waals surface area contributed by atoms with Gasteiger partial charge in [0.2, 0.25) is 0 Å². The van der Waals surface area contributed by atoms with Gasteiger partial charge < -0.3 is 17.0 Å². The summed E-state index contributed by atoms with van der Waals surface area (Å²) < 4.78 is 0. The summed E-state index contributed by atoms with van der Waals surface area (Å²) in [5, 5.41) is 5.55. The molecule has 136 valence electrons. The highest BCUT2D eigenvalue weighted by atomic mass is 127. The highest BCUT2D eigenvalue weighted by molar-refractivity contribution is 14.0. The van der Waals surface area contributed by atoms with E-state index in [4.69, 9.17) is 0 Å². The minimum atomic E-state index is -1.91. The third-order valence-corrected chi connectivity index (χ3v) is 8.86. The highest BCUT2D eigenvalue weighted by Gasteiger charge is 2.47. The van der Waals surface area contributed by atoms with Crippen LogP contribution in [0.5, 0.6) is 0 Å². The van der Waals surface area contributed by atoms with Crippen LogP contribution >= 0.6 is 31.2 Å². The van der Waals surface area contributed by atoms with Gasteiger partial charge in [-0.25, -0.2) is 0 Å². The lowest BCUT2D eigenvalue weighted by Gasteiger charge is -2.27. The smallest absolute Gasteiger partial charge is 0.144 e. The molecule has 27 heavy (non-hydrogen) atoms. The van der Waals surface area contributed by atoms with Crippen molar-refractivity contribution >= 4 is 52.5 Å². The fourth-order valence-corrected chi connectivity index (χ4v) is 7.77. The van der Waals surface area contributed by atoms with Gasteiger partial charge in [-0.05, 0) is 48.5 Å². The predicted molar refractivity (Wildman–Crippen MR) is 127 cm³/mol. The summed E-state index contributed by atoms with van der Waals surface area (Å²) in [5.74, 6) is 0. The van der Waals surface area contributed by atoms with E-state index in [0.29, 0.717) is 0 Å². The molecule has 0 atom stereocenters. The molecule has 0 bridgehead atoms. The number of hydrogen-bond acceptors (Lipinski definition) is 0. The molecule has 0 aliphatic heterocycles. The van der Waals surface area contributed by atoms with Gasteiger partial charge in [0.15, 0.2) is 0 Å². The van der Waals surface area contributed by atoms with Crippen molar-refractivity contribution in [3.8, 4) is 0 Å². The second-order valence-electron chi connectivity index (χ2n) is 6.01. The molecule has 0 unspecified atom stereocenters. The van der Waals surface area contributed by atoms with Gasteiger partial charge >= 0.3 is 0 Å². The first kappa shape index (κ1) is 21.8. The Kier molecular flexibility index (Phi) is 8.22. The second-order valence-corrected chi connectivity index (χ2v) is 9.42. The molecule has 0 aromatic heterocycles. The van der Waals surface area contributed by atoms with Crippen molar-refractivity contribution in [2.75, 3.05) is 0 Å². The predicted octanol–water partition coefficient (Wildman–Crippen LogP) is 1.93. The van der Waals surface area contributed by atoms with E-state index < -0.39 is 7.26 Å². The van der Waals surface area contributed by atoms with E-state index in [1.54, 1.807) is 0 Å². The van der Waals surface area contributed by atoms with Gasteiger partial charge in [-0.2, -0.15) is 0 Å². The van der Waals surface area contributed by atoms with Crippen molar-refractivity contribution in [3.63, 3.8) is 0 Å². The summed E-state index contributed by atoms with van der Waals surface area (Å²) in [6.45, 7) is 0. The quantitative estimate of drug-likeness (QED) is 0.271. The average Bonchev–Trinajstić information content (AvgIpc) is 2.72. The Hall–Kier alpha value is -1.48. The Bertz CT molecular complexity index is 765. The van der Waals surface area contributed by atoms with Gasteiger partial charge in [-0.15, -0.1) is 24.0 Å². The minimum absolute atomic E-state index is 0. The Morgan fingerprint density at radius 1 is 0.333 bits per heavy atom. The zero-order valence-corrected chi connectivity index (χ0v) is 19.6. The molecule has 0 aliphatic carbocycles. The van der Waals surface area contributed by atoms with Crippen LogP contribution in [-0.4, -0.2) is 0 Å². The van der Waals surface area contributed by atoms with E-state index in [-0.39, 0.29) is 41.0 Å². The molecule has 0 amide bonds. The summed E-state index contributed by atoms with van der Waals surface area (Å²) in [4.78, 5) is 0. The van der Waals surface area contributed by atoms with Gasteiger partial charge in [0.1, 0.15) is 28.5 Å². The van der Waals surface area contributed by atoms with E-state index in [9.17, 15) is 0 Å². The largest absolute Gasteiger partial charge is 1.00 e. The van der Waals surface area contributed by atoms with Crippen molar-refractivity contribution in [1.82, 2.24) is 0 Å². The highest BCUT2D eigenvalue weighted by Crippen LogP contribution is 2.53. The fraction of sp³-hybridized carbons (Fsp3) is 0. The molecule has 3 heteroatoms. The number of hydrogen-bond donors (Lipinski definition) is 0. The van der Waals surface area contributed by atoms with Crippen LogP contribution in [0.15, 0.2) is 121 Å². The topological polar surface area (TPSA) is 0 Å². The third-order valence-electron chi connectivity index (χ3n) is 4.57. The molecular formula is C24H21BrIP. The molecule has 4 rings (SSSR count). The van der Waals surface area contributed by atoms with Gasteiger partial charge in [-0.1, -0.05) is 72.8 Å². The van der Waals surface area contributed by atoms with Gasteiger partial charge in [-0.3, -0.25) is 0 Å². The Morgan fingerprint density at radius 3 is 0.704 bits per heavy atom. The van der Waals surface area contributed by atoms with E-state index in [2.05, 4.69) is 121 Å². The van der Waals surface area contributed by atoms with Gasteiger partial charge in [0, 0.05) is 0 Å². The van der Waals surface area contributed by atoms with Crippen molar-refractivity contribution in [2.45, 2.75) is 0 Å². The van der Waals surface area contributed by atoms with Crippen molar-refractivity contribution < 1.29 is 17.0 Å². The summed E-state index contributed by atoms with van der Waals surface area (Å²) in [7, 11) is -1.91. The molecular weight excluding hydrogens is 526 g/mol. The zero-order valence-electron chi connectivity index (χ0n) is 14.8. The van der Waals surface area contributed by atoms with Crippen LogP contribution < -0.4 is 38.2 Å². The molecule has 0 aliphatic rings. The summed E-state index contributed by atoms with van der Waals surface area (Å²) in [6, 6.07) is 43.8. The van der Waals surface area contributed by atoms with Crippen LogP contribution in [-0.2, 0) is 0 Å². The Balaban J connectivity index is 0.00000131. The summed E-state index contributed by atoms with van der Waals surface area (Å²) in [5.41, 5.74) is 0. The first-order valence-electron chi connectivity index (χ1n) is 8.54. The van der Waals surface area contributed by atoms with Crippen LogP contribution in [0.3, 0.4) is 0 Å². The van der Waals surface area contributed by atoms with Crippen molar-refractivity contribution in [3.05, 3.63) is 121 Å². The lowest BCUT2D eigenvalue weighted by atomic mass is 10.3. The second kappa shape index (κ2) is 10.2. The molecule has 0 nitrogen and oxygen atoms in total. The monoisotopic (exact) mass is 546 g/mol. The Labute approximate surface area is 189 Å². The average molecular weight is 547 g/mol. The lowest BCUT2D eigenvalue weighted by molar-refractivity contribution is -0.00000480. The van der Waals surface area contributed by atoms with Crippen LogP contribution in [0, 0.1) is 0 Å². The molecule has 4 aromatic carbocycles. The number of benzene rings is 4. The zero-order chi connectivity index (χ0) is 17.0. The normalized spacial score (nSPS) is 10.4. The van der Waals surface area contributed by atoms with Crippen LogP contribution in [0.1, 0.15) is 0 Å². The van der Waals surface area contributed by atoms with E-state index in [1.807, 2.05) is 0 Å². The summed E-state index contributed by atoms with van der Waals surface area (Å²) >= 11 is 0. The van der Waals surface area contributed by atoms with E-state index in [1.165, 1.54) is 21.2 Å². The molecule has 0 radical (unpaired) electrons. The molecule has 0 saturated heterocycles. The SMILES string of the molecule is I.[Br-].c1ccc([P+](c2ccccc2)(c2ccccc2)c2ccccc2)cc1. The van der Waals surface area contributed by atoms with E-state index >= 15 is 0 Å². The minimum Gasteiger partial charge on any atom is -1.00 e. The van der Waals surface area contributed by atoms with E-state index in [0.717, 1.165) is 0 Å². The van der Waals surface area contributed by atoms with Crippen LogP contribution in [0.25, 0.3) is 0 Å². The number of rotatable bonds is 4. The summed E-state index contributed by atoms with van der Waals surface area (Å²) in [6.07, 6.45) is 0. The lowest BCUT2D eigenvalue weighted by Crippen LogP contribution is -3.00. The Morgan fingerprint density at radius 2 is 0.519 bits per heavy atom. The van der Waals surface area contributed by atoms with Crippen molar-refractivity contribution in [2.24, 2.45) is 0 Å². The van der Waals surface area contributed by atoms with Gasteiger partial charge in [0.25, 0.3) is 0 Å². The molecule has 0 N–H and O–H groups in total. The first-order chi connectivity index (χ1) is 12.4. The van der Waals surface area contributed by atoms with Gasteiger partial charge in [0.05, 0.1) is 0 Å². The van der Waals surface area contributed by atoms with Crippen molar-refractivity contribution in [1.29, 1.82) is 0 Å². The molecule has 0 saturated carbocycles. The maximum absolute atomic E-state index is 2.28. The maximum atomic E-state index is 2.28. The first-order valence-corrected chi connectivity index (χ1v) is 10.3. The standard InChI is InChI=1S/C24H20P.BrH.HI/c1-5-13-21(14-6-1)25(22-15-7-2-8-16-22,23-17-9-3-10-18-23)24-19-11-4-12-20-24;;/h1-20H;2*1H/q+1;;/p-1. The maximum Gasteiger partial charge on any atom is 0.144 e. The fourth-order valence-electron chi connectivity index (χ4n) is 3.50. The van der Waals surface area contributed by atoms with Crippen LogP contribution in [0.4, 0.5) is 0 Å². The molecule has 0 fully saturated rings. The van der Waals surface area contributed by atoms with Crippen LogP contribution in [0.2, 0.25) is 0 Å². The molecule has 0 spiro atoms. The third kappa shape index (κ3) is 4.18. The molecule has 4 aromatic rings. The number of halogens is 2.